The number of carbonyl (C=O) groups excluding carboxylic acids is 1. The minimum absolute atomic E-state index is 0.0102. The largest absolute Gasteiger partial charge is 0.497 e. The molecule has 0 heterocycles. The molecule has 0 saturated carbocycles. The minimum Gasteiger partial charge on any atom is -0.497 e. The van der Waals surface area contributed by atoms with E-state index in [1.165, 1.54) is 12.2 Å². The van der Waals surface area contributed by atoms with Crippen LogP contribution in [-0.2, 0) is 4.79 Å². The van der Waals surface area contributed by atoms with Gasteiger partial charge in [-0.1, -0.05) is 20.3 Å². The summed E-state index contributed by atoms with van der Waals surface area (Å²) in [5.74, 6) is 3.64. The zero-order chi connectivity index (χ0) is 15.7. The molecule has 3 N–H and O–H groups in total. The number of carbonyl (C=O) groups is 1. The van der Waals surface area contributed by atoms with Crippen molar-refractivity contribution in [2.75, 3.05) is 29.7 Å². The summed E-state index contributed by atoms with van der Waals surface area (Å²) >= 11 is 1.92. The van der Waals surface area contributed by atoms with Crippen LogP contribution in [0.5, 0.6) is 5.75 Å². The lowest BCUT2D eigenvalue weighted by Crippen LogP contribution is -2.13. The highest BCUT2D eigenvalue weighted by molar-refractivity contribution is 7.99. The van der Waals surface area contributed by atoms with E-state index < -0.39 is 0 Å². The predicted molar refractivity (Wildman–Crippen MR) is 92.1 cm³/mol. The van der Waals surface area contributed by atoms with Crippen molar-refractivity contribution in [1.29, 1.82) is 0 Å². The molecule has 0 bridgehead atoms. The summed E-state index contributed by atoms with van der Waals surface area (Å²) in [6.45, 7) is 4.46. The van der Waals surface area contributed by atoms with Crippen molar-refractivity contribution in [3.8, 4) is 5.75 Å². The molecule has 0 fully saturated rings. The number of methoxy groups -OCH3 is 1. The van der Waals surface area contributed by atoms with Gasteiger partial charge in [-0.05, 0) is 36.0 Å². The van der Waals surface area contributed by atoms with Crippen molar-refractivity contribution in [2.45, 2.75) is 33.1 Å². The molecule has 1 unspecified atom stereocenters. The summed E-state index contributed by atoms with van der Waals surface area (Å²) in [5, 5.41) is 2.84. The number of thioether (sulfide) groups is 1. The number of hydrogen-bond acceptors (Lipinski definition) is 4. The summed E-state index contributed by atoms with van der Waals surface area (Å²) in [5.41, 5.74) is 7.04. The normalized spacial score (nSPS) is 12.0. The first kappa shape index (κ1) is 17.7. The molecular formula is C16H26N2O2S. The van der Waals surface area contributed by atoms with Crippen molar-refractivity contribution in [3.05, 3.63) is 18.2 Å². The molecule has 21 heavy (non-hydrogen) atoms. The van der Waals surface area contributed by atoms with E-state index in [0.29, 0.717) is 23.5 Å². The Morgan fingerprint density at radius 1 is 1.48 bits per heavy atom. The predicted octanol–water partition coefficient (Wildman–Crippen LogP) is 3.78. The molecule has 0 aliphatic heterocycles. The van der Waals surface area contributed by atoms with Crippen LogP contribution in [0.25, 0.3) is 0 Å². The highest BCUT2D eigenvalue weighted by Crippen LogP contribution is 2.24. The summed E-state index contributed by atoms with van der Waals surface area (Å²) in [7, 11) is 1.59. The number of hydrogen-bond donors (Lipinski definition) is 2. The molecule has 118 valence electrons. The maximum absolute atomic E-state index is 11.9. The Kier molecular flexibility index (Phi) is 8.05. The van der Waals surface area contributed by atoms with Crippen LogP contribution >= 0.6 is 11.8 Å². The fourth-order valence-electron chi connectivity index (χ4n) is 1.73. The number of nitrogens with one attached hydrogen (secondary N) is 1. The lowest BCUT2D eigenvalue weighted by molar-refractivity contribution is -0.116. The second-order valence-electron chi connectivity index (χ2n) is 5.19. The lowest BCUT2D eigenvalue weighted by atomic mass is 10.2. The molecule has 0 aliphatic carbocycles. The number of benzene rings is 1. The van der Waals surface area contributed by atoms with Crippen LogP contribution in [0.4, 0.5) is 11.4 Å². The van der Waals surface area contributed by atoms with Gasteiger partial charge in [0.05, 0.1) is 18.5 Å². The Hall–Kier alpha value is -1.36. The highest BCUT2D eigenvalue weighted by atomic mass is 32.2. The number of nitrogen functional groups attached to an aromatic ring is 1. The van der Waals surface area contributed by atoms with Gasteiger partial charge in [0, 0.05) is 12.5 Å². The fraction of sp³-hybridized carbons (Fsp3) is 0.562. The summed E-state index contributed by atoms with van der Waals surface area (Å²) in [4.78, 5) is 11.9. The van der Waals surface area contributed by atoms with Crippen molar-refractivity contribution >= 4 is 29.0 Å². The van der Waals surface area contributed by atoms with E-state index in [-0.39, 0.29) is 5.91 Å². The molecule has 0 saturated heterocycles. The van der Waals surface area contributed by atoms with Gasteiger partial charge in [0.2, 0.25) is 5.91 Å². The average molecular weight is 310 g/mol. The smallest absolute Gasteiger partial charge is 0.224 e. The van der Waals surface area contributed by atoms with Crippen LogP contribution in [-0.4, -0.2) is 24.5 Å². The third kappa shape index (κ3) is 6.76. The SMILES string of the molecule is CCC(C)CSCCCC(=O)Nc1ccc(OC)cc1N. The van der Waals surface area contributed by atoms with Crippen molar-refractivity contribution in [3.63, 3.8) is 0 Å². The monoisotopic (exact) mass is 310 g/mol. The van der Waals surface area contributed by atoms with E-state index in [0.717, 1.165) is 18.1 Å². The first-order valence-corrected chi connectivity index (χ1v) is 8.53. The van der Waals surface area contributed by atoms with E-state index in [2.05, 4.69) is 19.2 Å². The number of rotatable bonds is 9. The first-order valence-electron chi connectivity index (χ1n) is 7.38. The van der Waals surface area contributed by atoms with Gasteiger partial charge in [-0.2, -0.15) is 11.8 Å². The van der Waals surface area contributed by atoms with Crippen molar-refractivity contribution in [1.82, 2.24) is 0 Å². The second-order valence-corrected chi connectivity index (χ2v) is 6.34. The molecule has 5 heteroatoms. The maximum Gasteiger partial charge on any atom is 0.224 e. The highest BCUT2D eigenvalue weighted by Gasteiger charge is 2.06. The molecule has 0 aromatic heterocycles. The zero-order valence-corrected chi connectivity index (χ0v) is 14.0. The third-order valence-corrected chi connectivity index (χ3v) is 4.71. The van der Waals surface area contributed by atoms with Crippen LogP contribution in [0.2, 0.25) is 0 Å². The molecule has 1 aromatic carbocycles. The molecular weight excluding hydrogens is 284 g/mol. The van der Waals surface area contributed by atoms with Gasteiger partial charge in [0.1, 0.15) is 5.75 Å². The zero-order valence-electron chi connectivity index (χ0n) is 13.1. The van der Waals surface area contributed by atoms with Crippen LogP contribution in [0.3, 0.4) is 0 Å². The van der Waals surface area contributed by atoms with Crippen molar-refractivity contribution in [2.24, 2.45) is 5.92 Å². The maximum atomic E-state index is 11.9. The molecule has 1 rings (SSSR count). The number of amides is 1. The molecule has 1 atom stereocenters. The van der Waals surface area contributed by atoms with Crippen LogP contribution in [0, 0.1) is 5.92 Å². The summed E-state index contributed by atoms with van der Waals surface area (Å²) < 4.78 is 5.08. The van der Waals surface area contributed by atoms with Gasteiger partial charge in [-0.25, -0.2) is 0 Å². The van der Waals surface area contributed by atoms with Gasteiger partial charge in [0.25, 0.3) is 0 Å². The van der Waals surface area contributed by atoms with Gasteiger partial charge in [-0.15, -0.1) is 0 Å². The van der Waals surface area contributed by atoms with E-state index in [4.69, 9.17) is 10.5 Å². The van der Waals surface area contributed by atoms with Crippen LogP contribution in [0.1, 0.15) is 33.1 Å². The topological polar surface area (TPSA) is 64.3 Å². The summed E-state index contributed by atoms with van der Waals surface area (Å²) in [6, 6.07) is 5.26. The lowest BCUT2D eigenvalue weighted by Gasteiger charge is -2.10. The van der Waals surface area contributed by atoms with Crippen molar-refractivity contribution < 1.29 is 9.53 Å². The minimum atomic E-state index is 0.0102. The summed E-state index contributed by atoms with van der Waals surface area (Å²) in [6.07, 6.45) is 2.63. The number of ether oxygens (including phenoxy) is 1. The molecule has 0 spiro atoms. The van der Waals surface area contributed by atoms with E-state index in [9.17, 15) is 4.79 Å². The Labute approximate surface area is 131 Å². The number of nitrogens with two attached hydrogens (primary N) is 1. The average Bonchev–Trinajstić information content (AvgIpc) is 2.48. The molecule has 1 aromatic rings. The Bertz CT molecular complexity index is 452. The quantitative estimate of drug-likeness (QED) is 0.538. The van der Waals surface area contributed by atoms with E-state index >= 15 is 0 Å². The van der Waals surface area contributed by atoms with E-state index in [1.54, 1.807) is 25.3 Å². The fourth-order valence-corrected chi connectivity index (χ4v) is 2.88. The Balaban J connectivity index is 2.28. The molecule has 0 aliphatic rings. The molecule has 4 nitrogen and oxygen atoms in total. The standard InChI is InChI=1S/C16H26N2O2S/c1-4-12(2)11-21-9-5-6-16(19)18-15-8-7-13(20-3)10-14(15)17/h7-8,10,12H,4-6,9,11,17H2,1-3H3,(H,18,19). The first-order chi connectivity index (χ1) is 10.1. The number of anilines is 2. The van der Waals surface area contributed by atoms with Gasteiger partial charge in [0.15, 0.2) is 0 Å². The van der Waals surface area contributed by atoms with E-state index in [1.807, 2.05) is 11.8 Å². The molecule has 1 amide bonds. The Morgan fingerprint density at radius 2 is 2.24 bits per heavy atom. The van der Waals surface area contributed by atoms with Gasteiger partial charge >= 0.3 is 0 Å². The Morgan fingerprint density at radius 3 is 2.86 bits per heavy atom. The van der Waals surface area contributed by atoms with Crippen LogP contribution in [0.15, 0.2) is 18.2 Å². The molecule has 0 radical (unpaired) electrons. The third-order valence-electron chi connectivity index (χ3n) is 3.32. The van der Waals surface area contributed by atoms with Crippen LogP contribution < -0.4 is 15.8 Å². The van der Waals surface area contributed by atoms with Gasteiger partial charge < -0.3 is 15.8 Å². The second kappa shape index (κ2) is 9.55. The van der Waals surface area contributed by atoms with Gasteiger partial charge in [-0.3, -0.25) is 4.79 Å².